The summed E-state index contributed by atoms with van der Waals surface area (Å²) in [6.45, 7) is 5.03. The average molecular weight is 415 g/mol. The number of unbranched alkanes of at least 4 members (excludes halogenated alkanes) is 2. The Morgan fingerprint density at radius 1 is 0.933 bits per heavy atom. The third kappa shape index (κ3) is 7.13. The molecule has 1 nitrogen and oxygen atoms in total. The van der Waals surface area contributed by atoms with E-state index in [1.54, 1.807) is 11.6 Å². The number of benzene rings is 1. The SMILES string of the molecule is CCCCOc1ccc(CCC2=CCC(C3CCC(CCCC)CC3)CC2)cc1F. The Kier molecular flexibility index (Phi) is 9.75. The summed E-state index contributed by atoms with van der Waals surface area (Å²) < 4.78 is 19.8. The fourth-order valence-electron chi connectivity index (χ4n) is 5.45. The lowest BCUT2D eigenvalue weighted by Gasteiger charge is -2.35. The maximum atomic E-state index is 14.3. The molecule has 0 radical (unpaired) electrons. The molecule has 0 heterocycles. The van der Waals surface area contributed by atoms with Crippen LogP contribution in [0.2, 0.25) is 0 Å². The van der Waals surface area contributed by atoms with E-state index >= 15 is 0 Å². The molecule has 2 heteroatoms. The topological polar surface area (TPSA) is 9.23 Å². The molecule has 1 unspecified atom stereocenters. The number of aryl methyl sites for hydroxylation is 1. The second-order valence-corrected chi connectivity index (χ2v) is 9.79. The van der Waals surface area contributed by atoms with Gasteiger partial charge in [0, 0.05) is 0 Å². The lowest BCUT2D eigenvalue weighted by Crippen LogP contribution is -2.23. The first-order valence-electron chi connectivity index (χ1n) is 12.8. The van der Waals surface area contributed by atoms with Gasteiger partial charge in [-0.25, -0.2) is 4.39 Å². The lowest BCUT2D eigenvalue weighted by molar-refractivity contribution is 0.185. The molecule has 1 fully saturated rings. The first kappa shape index (κ1) is 23.4. The average Bonchev–Trinajstić information content (AvgIpc) is 2.78. The zero-order chi connectivity index (χ0) is 21.2. The Morgan fingerprint density at radius 2 is 1.73 bits per heavy atom. The zero-order valence-electron chi connectivity index (χ0n) is 19.4. The Hall–Kier alpha value is -1.31. The van der Waals surface area contributed by atoms with Crippen LogP contribution < -0.4 is 4.74 Å². The second kappa shape index (κ2) is 12.5. The minimum Gasteiger partial charge on any atom is -0.491 e. The molecule has 1 saturated carbocycles. The minimum atomic E-state index is -0.212. The summed E-state index contributed by atoms with van der Waals surface area (Å²) in [6.07, 6.45) is 20.6. The molecule has 0 aromatic heterocycles. The van der Waals surface area contributed by atoms with Crippen LogP contribution in [-0.2, 0) is 6.42 Å². The molecule has 1 aromatic rings. The van der Waals surface area contributed by atoms with Crippen LogP contribution in [0.5, 0.6) is 5.75 Å². The van der Waals surface area contributed by atoms with E-state index in [9.17, 15) is 4.39 Å². The maximum absolute atomic E-state index is 14.3. The van der Waals surface area contributed by atoms with Crippen LogP contribution in [0.4, 0.5) is 4.39 Å². The molecule has 2 aliphatic rings. The fourth-order valence-corrected chi connectivity index (χ4v) is 5.45. The zero-order valence-corrected chi connectivity index (χ0v) is 19.4. The van der Waals surface area contributed by atoms with E-state index in [0.717, 1.165) is 49.0 Å². The Bertz CT molecular complexity index is 657. The largest absolute Gasteiger partial charge is 0.491 e. The van der Waals surface area contributed by atoms with E-state index in [0.29, 0.717) is 12.4 Å². The number of halogens is 1. The van der Waals surface area contributed by atoms with Crippen molar-refractivity contribution in [2.45, 2.75) is 104 Å². The van der Waals surface area contributed by atoms with Crippen molar-refractivity contribution in [2.75, 3.05) is 6.61 Å². The van der Waals surface area contributed by atoms with Gasteiger partial charge in [0.15, 0.2) is 11.6 Å². The molecule has 2 aliphatic carbocycles. The molecule has 0 bridgehead atoms. The molecule has 168 valence electrons. The van der Waals surface area contributed by atoms with Gasteiger partial charge in [-0.2, -0.15) is 0 Å². The molecule has 0 N–H and O–H groups in total. The van der Waals surface area contributed by atoms with Gasteiger partial charge in [-0.05, 0) is 86.8 Å². The molecule has 0 saturated heterocycles. The number of ether oxygens (including phenoxy) is 1. The highest BCUT2D eigenvalue weighted by molar-refractivity contribution is 5.30. The molecule has 0 aliphatic heterocycles. The summed E-state index contributed by atoms with van der Waals surface area (Å²) in [7, 11) is 0. The van der Waals surface area contributed by atoms with Gasteiger partial charge in [0.1, 0.15) is 0 Å². The summed E-state index contributed by atoms with van der Waals surface area (Å²) in [5.41, 5.74) is 2.68. The van der Waals surface area contributed by atoms with Crippen LogP contribution >= 0.6 is 0 Å². The van der Waals surface area contributed by atoms with Gasteiger partial charge in [0.05, 0.1) is 6.61 Å². The Morgan fingerprint density at radius 3 is 2.40 bits per heavy atom. The van der Waals surface area contributed by atoms with Crippen molar-refractivity contribution >= 4 is 0 Å². The predicted molar refractivity (Wildman–Crippen MR) is 126 cm³/mol. The van der Waals surface area contributed by atoms with Crippen molar-refractivity contribution in [3.63, 3.8) is 0 Å². The Balaban J connectivity index is 1.40. The monoisotopic (exact) mass is 414 g/mol. The van der Waals surface area contributed by atoms with Crippen LogP contribution in [0.15, 0.2) is 29.8 Å². The molecular weight excluding hydrogens is 371 g/mol. The maximum Gasteiger partial charge on any atom is 0.165 e. The number of rotatable bonds is 11. The summed E-state index contributed by atoms with van der Waals surface area (Å²) in [6, 6.07) is 5.51. The van der Waals surface area contributed by atoms with Crippen molar-refractivity contribution in [2.24, 2.45) is 17.8 Å². The van der Waals surface area contributed by atoms with Crippen molar-refractivity contribution in [1.82, 2.24) is 0 Å². The van der Waals surface area contributed by atoms with Crippen LogP contribution in [-0.4, -0.2) is 6.61 Å². The molecule has 0 amide bonds. The van der Waals surface area contributed by atoms with E-state index in [1.165, 1.54) is 64.2 Å². The van der Waals surface area contributed by atoms with Crippen LogP contribution in [0.3, 0.4) is 0 Å². The first-order valence-corrected chi connectivity index (χ1v) is 12.8. The van der Waals surface area contributed by atoms with E-state index in [2.05, 4.69) is 19.9 Å². The fraction of sp³-hybridized carbons (Fsp3) is 0.714. The summed E-state index contributed by atoms with van der Waals surface area (Å²) in [5.74, 6) is 3.08. The number of hydrogen-bond donors (Lipinski definition) is 0. The van der Waals surface area contributed by atoms with Crippen molar-refractivity contribution in [1.29, 1.82) is 0 Å². The predicted octanol–water partition coefficient (Wildman–Crippen LogP) is 8.66. The third-order valence-corrected chi connectivity index (χ3v) is 7.56. The van der Waals surface area contributed by atoms with E-state index in [4.69, 9.17) is 4.74 Å². The summed E-state index contributed by atoms with van der Waals surface area (Å²) in [4.78, 5) is 0. The van der Waals surface area contributed by atoms with Gasteiger partial charge >= 0.3 is 0 Å². The van der Waals surface area contributed by atoms with E-state index in [1.807, 2.05) is 12.1 Å². The van der Waals surface area contributed by atoms with E-state index < -0.39 is 0 Å². The van der Waals surface area contributed by atoms with E-state index in [-0.39, 0.29) is 5.82 Å². The van der Waals surface area contributed by atoms with Gasteiger partial charge in [-0.1, -0.05) is 70.1 Å². The van der Waals surface area contributed by atoms with Gasteiger partial charge in [0.25, 0.3) is 0 Å². The van der Waals surface area contributed by atoms with Crippen LogP contribution in [0.25, 0.3) is 0 Å². The highest BCUT2D eigenvalue weighted by Crippen LogP contribution is 2.41. The number of allylic oxidation sites excluding steroid dienone is 2. The standard InChI is InChI=1S/C28H43FO/c1-3-5-7-22-10-15-25(16-11-22)26-17-12-23(13-18-26)8-9-24-14-19-28(27(29)21-24)30-20-6-4-2/h12,14,19,21-22,25-26H,3-11,13,15-18,20H2,1-2H3. The van der Waals surface area contributed by atoms with Crippen molar-refractivity contribution < 1.29 is 9.13 Å². The molecule has 1 atom stereocenters. The smallest absolute Gasteiger partial charge is 0.165 e. The van der Waals surface area contributed by atoms with Crippen molar-refractivity contribution in [3.05, 3.63) is 41.2 Å². The molecular formula is C28H43FO. The highest BCUT2D eigenvalue weighted by Gasteiger charge is 2.28. The molecule has 1 aromatic carbocycles. The second-order valence-electron chi connectivity index (χ2n) is 9.79. The minimum absolute atomic E-state index is 0.212. The van der Waals surface area contributed by atoms with Gasteiger partial charge in [-0.15, -0.1) is 0 Å². The summed E-state index contributed by atoms with van der Waals surface area (Å²) in [5, 5.41) is 0. The Labute approximate surface area is 184 Å². The quantitative estimate of drug-likeness (QED) is 0.260. The van der Waals surface area contributed by atoms with Gasteiger partial charge < -0.3 is 4.74 Å². The van der Waals surface area contributed by atoms with Crippen LogP contribution in [0.1, 0.15) is 103 Å². The molecule has 30 heavy (non-hydrogen) atoms. The van der Waals surface area contributed by atoms with Gasteiger partial charge in [-0.3, -0.25) is 0 Å². The van der Waals surface area contributed by atoms with Crippen LogP contribution in [0, 0.1) is 23.6 Å². The number of hydrogen-bond acceptors (Lipinski definition) is 1. The van der Waals surface area contributed by atoms with Gasteiger partial charge in [0.2, 0.25) is 0 Å². The molecule has 0 spiro atoms. The third-order valence-electron chi connectivity index (χ3n) is 7.56. The highest BCUT2D eigenvalue weighted by atomic mass is 19.1. The van der Waals surface area contributed by atoms with Crippen molar-refractivity contribution in [3.8, 4) is 5.75 Å². The normalized spacial score (nSPS) is 24.5. The molecule has 3 rings (SSSR count). The summed E-state index contributed by atoms with van der Waals surface area (Å²) >= 11 is 0. The lowest BCUT2D eigenvalue weighted by atomic mass is 9.70. The first-order chi connectivity index (χ1) is 14.7.